The number of ether oxygens (including phenoxy) is 2. The minimum absolute atomic E-state index is 0.0374. The molecule has 0 spiro atoms. The normalized spacial score (nSPS) is 18.5. The van der Waals surface area contributed by atoms with Crippen molar-refractivity contribution in [3.05, 3.63) is 64.8 Å². The molecule has 0 saturated carbocycles. The maximum absolute atomic E-state index is 13.0. The van der Waals surface area contributed by atoms with E-state index in [0.29, 0.717) is 61.7 Å². The third-order valence-corrected chi connectivity index (χ3v) is 7.71. The van der Waals surface area contributed by atoms with Crippen LogP contribution in [-0.4, -0.2) is 77.1 Å². The molecule has 11 heteroatoms. The molecule has 208 valence electrons. The van der Waals surface area contributed by atoms with Crippen LogP contribution in [0.25, 0.3) is 0 Å². The summed E-state index contributed by atoms with van der Waals surface area (Å²) in [6.07, 6.45) is 4.42. The van der Waals surface area contributed by atoms with Crippen LogP contribution in [-0.2, 0) is 27.2 Å². The number of aromatic nitrogens is 2. The predicted octanol–water partition coefficient (Wildman–Crippen LogP) is 3.94. The van der Waals surface area contributed by atoms with Gasteiger partial charge in [0.15, 0.2) is 12.4 Å². The lowest BCUT2D eigenvalue weighted by molar-refractivity contribution is -0.146. The zero-order valence-electron chi connectivity index (χ0n) is 22.1. The van der Waals surface area contributed by atoms with E-state index in [0.717, 1.165) is 41.8 Å². The molecule has 6 rings (SSSR count). The summed E-state index contributed by atoms with van der Waals surface area (Å²) in [5.41, 5.74) is 3.80. The number of carbonyl (C=O) groups is 2. The van der Waals surface area contributed by atoms with Crippen LogP contribution in [0, 0.1) is 0 Å². The van der Waals surface area contributed by atoms with Crippen molar-refractivity contribution < 1.29 is 19.1 Å². The summed E-state index contributed by atoms with van der Waals surface area (Å²) >= 11 is 6.37. The molecule has 10 nitrogen and oxygen atoms in total. The van der Waals surface area contributed by atoms with E-state index in [9.17, 15) is 9.59 Å². The van der Waals surface area contributed by atoms with Crippen LogP contribution in [0.5, 0.6) is 5.75 Å². The molecule has 1 atom stereocenters. The van der Waals surface area contributed by atoms with Crippen LogP contribution in [0.2, 0.25) is 5.02 Å². The van der Waals surface area contributed by atoms with Gasteiger partial charge in [-0.25, -0.2) is 4.98 Å². The first-order valence-electron chi connectivity index (χ1n) is 13.6. The van der Waals surface area contributed by atoms with Crippen LogP contribution in [0.3, 0.4) is 0 Å². The van der Waals surface area contributed by atoms with E-state index in [1.807, 2.05) is 30.3 Å². The van der Waals surface area contributed by atoms with Crippen LogP contribution in [0.4, 0.5) is 23.1 Å². The first-order valence-corrected chi connectivity index (χ1v) is 14.0. The van der Waals surface area contributed by atoms with E-state index >= 15 is 0 Å². The number of carbonyl (C=O) groups excluding carboxylic acids is 2. The SMILES string of the molecule is O=C(COc1ccc2cc1CCc1cccc(c1)Nc1ncc(Cl)c(n1)N2)N1CCN(C(=O)C2CCCO2)CC1. The number of piperazine rings is 1. The Morgan fingerprint density at radius 2 is 1.85 bits per heavy atom. The highest BCUT2D eigenvalue weighted by atomic mass is 35.5. The fraction of sp³-hybridized carbons (Fsp3) is 0.379. The van der Waals surface area contributed by atoms with Gasteiger partial charge in [0.1, 0.15) is 16.9 Å². The molecule has 2 aromatic carbocycles. The zero-order chi connectivity index (χ0) is 27.5. The number of amides is 2. The Hall–Kier alpha value is -3.89. The molecule has 6 bridgehead atoms. The van der Waals surface area contributed by atoms with Crippen molar-refractivity contribution in [3.63, 3.8) is 0 Å². The van der Waals surface area contributed by atoms with Gasteiger partial charge in [-0.05, 0) is 67.1 Å². The number of anilines is 4. The van der Waals surface area contributed by atoms with Crippen molar-refractivity contribution in [2.75, 3.05) is 50.0 Å². The molecule has 1 aromatic heterocycles. The molecule has 2 saturated heterocycles. The maximum atomic E-state index is 13.0. The van der Waals surface area contributed by atoms with Crippen LogP contribution in [0.1, 0.15) is 24.0 Å². The van der Waals surface area contributed by atoms with Gasteiger partial charge in [-0.1, -0.05) is 23.7 Å². The van der Waals surface area contributed by atoms with E-state index in [1.165, 1.54) is 0 Å². The van der Waals surface area contributed by atoms with Crippen molar-refractivity contribution in [3.8, 4) is 5.75 Å². The molecule has 3 aliphatic heterocycles. The van der Waals surface area contributed by atoms with Gasteiger partial charge in [-0.2, -0.15) is 4.98 Å². The summed E-state index contributed by atoms with van der Waals surface area (Å²) < 4.78 is 11.6. The van der Waals surface area contributed by atoms with E-state index < -0.39 is 0 Å². The fourth-order valence-corrected chi connectivity index (χ4v) is 5.38. The van der Waals surface area contributed by atoms with Crippen LogP contribution < -0.4 is 15.4 Å². The van der Waals surface area contributed by atoms with Crippen molar-refractivity contribution in [2.45, 2.75) is 31.8 Å². The molecule has 3 aromatic rings. The van der Waals surface area contributed by atoms with E-state index in [4.69, 9.17) is 21.1 Å². The third kappa shape index (κ3) is 5.97. The molecule has 0 aliphatic carbocycles. The number of hydrogen-bond acceptors (Lipinski definition) is 8. The number of aryl methyl sites for hydroxylation is 2. The highest BCUT2D eigenvalue weighted by Gasteiger charge is 2.31. The Balaban J connectivity index is 1.14. The molecular formula is C29H31ClN6O4. The minimum atomic E-state index is -0.328. The van der Waals surface area contributed by atoms with Gasteiger partial charge in [0.05, 0.1) is 6.20 Å². The number of nitrogens with zero attached hydrogens (tertiary/aromatic N) is 4. The number of halogens is 1. The standard InChI is InChI=1S/C29H31ClN6O4/c30-23-17-31-29-33-21-4-1-3-19(15-21)6-7-20-16-22(32-27(23)34-29)8-9-24(20)40-18-26(37)35-10-12-36(13-11-35)28(38)25-5-2-14-39-25/h1,3-4,8-9,15-17,25H,2,5-7,10-14,18H2,(H2,31,32,33,34). The van der Waals surface area contributed by atoms with E-state index in [-0.39, 0.29) is 24.5 Å². The summed E-state index contributed by atoms with van der Waals surface area (Å²) in [4.78, 5) is 38.0. The summed E-state index contributed by atoms with van der Waals surface area (Å²) in [6, 6.07) is 13.9. The van der Waals surface area contributed by atoms with Gasteiger partial charge in [-0.15, -0.1) is 0 Å². The Bertz CT molecular complexity index is 1410. The number of hydrogen-bond donors (Lipinski definition) is 2. The molecule has 40 heavy (non-hydrogen) atoms. The molecule has 3 aliphatic rings. The highest BCUT2D eigenvalue weighted by molar-refractivity contribution is 6.32. The van der Waals surface area contributed by atoms with Crippen molar-refractivity contribution in [2.24, 2.45) is 0 Å². The lowest BCUT2D eigenvalue weighted by Crippen LogP contribution is -2.53. The first kappa shape index (κ1) is 26.3. The van der Waals surface area contributed by atoms with Gasteiger partial charge in [-0.3, -0.25) is 9.59 Å². The monoisotopic (exact) mass is 562 g/mol. The second-order valence-corrected chi connectivity index (χ2v) is 10.6. The summed E-state index contributed by atoms with van der Waals surface area (Å²) in [6.45, 7) is 2.57. The molecule has 0 radical (unpaired) electrons. The molecule has 2 amide bonds. The average molecular weight is 563 g/mol. The Morgan fingerprint density at radius 1 is 1.02 bits per heavy atom. The van der Waals surface area contributed by atoms with Crippen LogP contribution in [0.15, 0.2) is 48.7 Å². The van der Waals surface area contributed by atoms with Gasteiger partial charge in [0.2, 0.25) is 5.95 Å². The van der Waals surface area contributed by atoms with Gasteiger partial charge in [0.25, 0.3) is 11.8 Å². The topological polar surface area (TPSA) is 109 Å². The molecular weight excluding hydrogens is 532 g/mol. The quantitative estimate of drug-likeness (QED) is 0.492. The largest absolute Gasteiger partial charge is 0.483 e. The fourth-order valence-electron chi connectivity index (χ4n) is 5.24. The maximum Gasteiger partial charge on any atom is 0.260 e. The van der Waals surface area contributed by atoms with E-state index in [1.54, 1.807) is 16.0 Å². The molecule has 1 unspecified atom stereocenters. The summed E-state index contributed by atoms with van der Waals surface area (Å²) in [5.74, 6) is 1.53. The smallest absolute Gasteiger partial charge is 0.260 e. The van der Waals surface area contributed by atoms with Crippen molar-refractivity contribution in [1.82, 2.24) is 19.8 Å². The second-order valence-electron chi connectivity index (χ2n) is 10.2. The summed E-state index contributed by atoms with van der Waals surface area (Å²) in [7, 11) is 0. The number of fused-ring (bicyclic) bond motifs is 6. The van der Waals surface area contributed by atoms with Gasteiger partial charge in [0, 0.05) is 44.2 Å². The predicted molar refractivity (Wildman–Crippen MR) is 152 cm³/mol. The minimum Gasteiger partial charge on any atom is -0.483 e. The zero-order valence-corrected chi connectivity index (χ0v) is 22.8. The van der Waals surface area contributed by atoms with Gasteiger partial charge < -0.3 is 29.9 Å². The van der Waals surface area contributed by atoms with E-state index in [2.05, 4.69) is 32.7 Å². The van der Waals surface area contributed by atoms with Crippen LogP contribution >= 0.6 is 11.6 Å². The Morgan fingerprint density at radius 3 is 2.67 bits per heavy atom. The number of rotatable bonds is 4. The summed E-state index contributed by atoms with van der Waals surface area (Å²) in [5, 5.41) is 6.92. The lowest BCUT2D eigenvalue weighted by atomic mass is 10.0. The molecule has 2 fully saturated rings. The Labute approximate surface area is 237 Å². The molecule has 2 N–H and O–H groups in total. The third-order valence-electron chi connectivity index (χ3n) is 7.43. The Kier molecular flexibility index (Phi) is 7.70. The van der Waals surface area contributed by atoms with Crippen molar-refractivity contribution >= 4 is 46.6 Å². The molecule has 4 heterocycles. The highest BCUT2D eigenvalue weighted by Crippen LogP contribution is 2.30. The lowest BCUT2D eigenvalue weighted by Gasteiger charge is -2.35. The van der Waals surface area contributed by atoms with Gasteiger partial charge >= 0.3 is 0 Å². The number of benzene rings is 2. The first-order chi connectivity index (χ1) is 19.5. The second kappa shape index (κ2) is 11.7. The average Bonchev–Trinajstić information content (AvgIpc) is 3.52. The van der Waals surface area contributed by atoms with Crippen molar-refractivity contribution in [1.29, 1.82) is 0 Å². The number of nitrogens with one attached hydrogen (secondary N) is 2.